The summed E-state index contributed by atoms with van der Waals surface area (Å²) in [5.41, 5.74) is 6.88. The molecule has 3 heterocycles. The topological polar surface area (TPSA) is 45.4 Å². The molecule has 1 unspecified atom stereocenters. The number of aromatic nitrogens is 1. The first-order valence-electron chi connectivity index (χ1n) is 7.51. The number of piperidine rings is 1. The van der Waals surface area contributed by atoms with Gasteiger partial charge in [-0.2, -0.15) is 0 Å². The molecule has 2 aliphatic rings. The first kappa shape index (κ1) is 12.9. The van der Waals surface area contributed by atoms with E-state index < -0.39 is 0 Å². The standard InChI is InChI=1S/C15H24N4/c16-11-13-4-6-17-15(10-13)19-9-5-14(12-19)18-7-2-1-3-8-18/h4,6,10,14H,1-3,5,7-9,11-12,16H2. The van der Waals surface area contributed by atoms with Gasteiger partial charge in [-0.3, -0.25) is 4.90 Å². The highest BCUT2D eigenvalue weighted by Crippen LogP contribution is 2.24. The van der Waals surface area contributed by atoms with E-state index in [1.807, 2.05) is 12.3 Å². The molecule has 4 heteroatoms. The van der Waals surface area contributed by atoms with Crippen molar-refractivity contribution in [1.29, 1.82) is 0 Å². The molecule has 2 aliphatic heterocycles. The highest BCUT2D eigenvalue weighted by atomic mass is 15.3. The van der Waals surface area contributed by atoms with E-state index in [0.29, 0.717) is 6.54 Å². The number of likely N-dealkylation sites (tertiary alicyclic amines) is 1. The summed E-state index contributed by atoms with van der Waals surface area (Å²) in [6.45, 7) is 5.42. The molecule has 2 fully saturated rings. The van der Waals surface area contributed by atoms with Crippen LogP contribution in [0.4, 0.5) is 5.82 Å². The monoisotopic (exact) mass is 260 g/mol. The van der Waals surface area contributed by atoms with Gasteiger partial charge in [0.25, 0.3) is 0 Å². The molecule has 1 aromatic rings. The van der Waals surface area contributed by atoms with E-state index in [0.717, 1.165) is 24.9 Å². The van der Waals surface area contributed by atoms with Crippen molar-refractivity contribution in [2.24, 2.45) is 5.73 Å². The van der Waals surface area contributed by atoms with Gasteiger partial charge in [0.05, 0.1) is 0 Å². The molecule has 1 atom stereocenters. The lowest BCUT2D eigenvalue weighted by Crippen LogP contribution is -2.40. The SMILES string of the molecule is NCc1ccnc(N2CCC(N3CCCCC3)C2)c1. The zero-order valence-electron chi connectivity index (χ0n) is 11.6. The van der Waals surface area contributed by atoms with Gasteiger partial charge in [-0.1, -0.05) is 6.42 Å². The van der Waals surface area contributed by atoms with Gasteiger partial charge in [-0.25, -0.2) is 4.98 Å². The van der Waals surface area contributed by atoms with E-state index in [9.17, 15) is 0 Å². The van der Waals surface area contributed by atoms with Crippen LogP contribution in [0.3, 0.4) is 0 Å². The lowest BCUT2D eigenvalue weighted by molar-refractivity contribution is 0.175. The van der Waals surface area contributed by atoms with E-state index >= 15 is 0 Å². The van der Waals surface area contributed by atoms with Gasteiger partial charge in [-0.05, 0) is 50.0 Å². The molecule has 4 nitrogen and oxygen atoms in total. The predicted molar refractivity (Wildman–Crippen MR) is 78.2 cm³/mol. The summed E-state index contributed by atoms with van der Waals surface area (Å²) in [5.74, 6) is 1.10. The highest BCUT2D eigenvalue weighted by Gasteiger charge is 2.28. The number of nitrogens with two attached hydrogens (primary N) is 1. The van der Waals surface area contributed by atoms with Gasteiger partial charge in [0.1, 0.15) is 5.82 Å². The Morgan fingerprint density at radius 3 is 2.84 bits per heavy atom. The summed E-state index contributed by atoms with van der Waals surface area (Å²) < 4.78 is 0. The van der Waals surface area contributed by atoms with E-state index in [4.69, 9.17) is 5.73 Å². The van der Waals surface area contributed by atoms with Gasteiger partial charge in [0.15, 0.2) is 0 Å². The van der Waals surface area contributed by atoms with Crippen LogP contribution in [0.2, 0.25) is 0 Å². The minimum atomic E-state index is 0.596. The Labute approximate surface area is 115 Å². The summed E-state index contributed by atoms with van der Waals surface area (Å²) in [4.78, 5) is 9.59. The fourth-order valence-corrected chi connectivity index (χ4v) is 3.29. The maximum absolute atomic E-state index is 5.71. The molecule has 3 rings (SSSR count). The average Bonchev–Trinajstić information content (AvgIpc) is 2.98. The lowest BCUT2D eigenvalue weighted by atomic mass is 10.1. The average molecular weight is 260 g/mol. The molecule has 2 saturated heterocycles. The molecule has 0 aromatic carbocycles. The van der Waals surface area contributed by atoms with Crippen LogP contribution in [-0.4, -0.2) is 42.1 Å². The third-order valence-corrected chi connectivity index (χ3v) is 4.44. The third-order valence-electron chi connectivity index (χ3n) is 4.44. The molecule has 104 valence electrons. The number of anilines is 1. The predicted octanol–water partition coefficient (Wildman–Crippen LogP) is 1.60. The third kappa shape index (κ3) is 2.90. The molecule has 0 saturated carbocycles. The zero-order valence-corrected chi connectivity index (χ0v) is 11.6. The van der Waals surface area contributed by atoms with E-state index in [-0.39, 0.29) is 0 Å². The van der Waals surface area contributed by atoms with Gasteiger partial charge < -0.3 is 10.6 Å². The van der Waals surface area contributed by atoms with Crippen LogP contribution < -0.4 is 10.6 Å². The number of hydrogen-bond acceptors (Lipinski definition) is 4. The Kier molecular flexibility index (Phi) is 3.99. The Bertz CT molecular complexity index is 414. The Morgan fingerprint density at radius 2 is 2.05 bits per heavy atom. The van der Waals surface area contributed by atoms with Crippen molar-refractivity contribution < 1.29 is 0 Å². The lowest BCUT2D eigenvalue weighted by Gasteiger charge is -2.32. The first-order chi connectivity index (χ1) is 9.36. The number of pyridine rings is 1. The minimum Gasteiger partial charge on any atom is -0.355 e. The molecule has 19 heavy (non-hydrogen) atoms. The summed E-state index contributed by atoms with van der Waals surface area (Å²) in [6, 6.07) is 4.86. The fraction of sp³-hybridized carbons (Fsp3) is 0.667. The molecular formula is C15H24N4. The van der Waals surface area contributed by atoms with Crippen LogP contribution >= 0.6 is 0 Å². The molecule has 1 aromatic heterocycles. The quantitative estimate of drug-likeness (QED) is 0.897. The first-order valence-corrected chi connectivity index (χ1v) is 7.51. The summed E-state index contributed by atoms with van der Waals surface area (Å²) in [6.07, 6.45) is 7.31. The summed E-state index contributed by atoms with van der Waals surface area (Å²) in [7, 11) is 0. The van der Waals surface area contributed by atoms with Gasteiger partial charge in [-0.15, -0.1) is 0 Å². The normalized spacial score (nSPS) is 24.9. The summed E-state index contributed by atoms with van der Waals surface area (Å²) in [5, 5.41) is 0. The molecule has 0 amide bonds. The Balaban J connectivity index is 1.64. The van der Waals surface area contributed by atoms with Gasteiger partial charge in [0, 0.05) is 31.9 Å². The molecule has 0 bridgehead atoms. The molecule has 0 radical (unpaired) electrons. The van der Waals surface area contributed by atoms with Crippen LogP contribution in [0.25, 0.3) is 0 Å². The Morgan fingerprint density at radius 1 is 1.21 bits per heavy atom. The minimum absolute atomic E-state index is 0.596. The van der Waals surface area contributed by atoms with Crippen molar-refractivity contribution >= 4 is 5.82 Å². The smallest absolute Gasteiger partial charge is 0.128 e. The number of nitrogens with zero attached hydrogens (tertiary/aromatic N) is 3. The second-order valence-electron chi connectivity index (χ2n) is 5.71. The summed E-state index contributed by atoms with van der Waals surface area (Å²) >= 11 is 0. The van der Waals surface area contributed by atoms with Crippen LogP contribution in [-0.2, 0) is 6.54 Å². The molecular weight excluding hydrogens is 236 g/mol. The number of rotatable bonds is 3. The van der Waals surface area contributed by atoms with E-state index in [1.54, 1.807) is 0 Å². The maximum Gasteiger partial charge on any atom is 0.128 e. The molecule has 2 N–H and O–H groups in total. The highest BCUT2D eigenvalue weighted by molar-refractivity contribution is 5.42. The van der Waals surface area contributed by atoms with Gasteiger partial charge >= 0.3 is 0 Å². The Hall–Kier alpha value is -1.13. The van der Waals surface area contributed by atoms with E-state index in [2.05, 4.69) is 20.9 Å². The van der Waals surface area contributed by atoms with Gasteiger partial charge in [0.2, 0.25) is 0 Å². The van der Waals surface area contributed by atoms with Crippen molar-refractivity contribution in [3.8, 4) is 0 Å². The zero-order chi connectivity index (χ0) is 13.1. The van der Waals surface area contributed by atoms with Crippen LogP contribution in [0, 0.1) is 0 Å². The van der Waals surface area contributed by atoms with E-state index in [1.165, 1.54) is 44.3 Å². The number of hydrogen-bond donors (Lipinski definition) is 1. The second kappa shape index (κ2) is 5.88. The van der Waals surface area contributed by atoms with Crippen molar-refractivity contribution in [2.75, 3.05) is 31.1 Å². The molecule has 0 aliphatic carbocycles. The molecule has 0 spiro atoms. The fourth-order valence-electron chi connectivity index (χ4n) is 3.29. The van der Waals surface area contributed by atoms with Crippen molar-refractivity contribution in [2.45, 2.75) is 38.3 Å². The van der Waals surface area contributed by atoms with Crippen molar-refractivity contribution in [3.63, 3.8) is 0 Å². The maximum atomic E-state index is 5.71. The van der Waals surface area contributed by atoms with Crippen molar-refractivity contribution in [1.82, 2.24) is 9.88 Å². The van der Waals surface area contributed by atoms with Crippen LogP contribution in [0.1, 0.15) is 31.2 Å². The van der Waals surface area contributed by atoms with Crippen molar-refractivity contribution in [3.05, 3.63) is 23.9 Å². The second-order valence-corrected chi connectivity index (χ2v) is 5.71. The van der Waals surface area contributed by atoms with Crippen LogP contribution in [0.15, 0.2) is 18.3 Å². The largest absolute Gasteiger partial charge is 0.355 e. The van der Waals surface area contributed by atoms with Crippen LogP contribution in [0.5, 0.6) is 0 Å².